The predicted molar refractivity (Wildman–Crippen MR) is 44.6 cm³/mol. The second-order valence-corrected chi connectivity index (χ2v) is 4.04. The van der Waals surface area contributed by atoms with Crippen molar-refractivity contribution < 1.29 is 4.74 Å². The number of piperidine rings is 1. The zero-order chi connectivity index (χ0) is 7.73. The van der Waals surface area contributed by atoms with Gasteiger partial charge in [0.15, 0.2) is 0 Å². The molecule has 0 aromatic carbocycles. The summed E-state index contributed by atoms with van der Waals surface area (Å²) in [4.78, 5) is 2.60. The molecule has 2 nitrogen and oxygen atoms in total. The number of likely N-dealkylation sites (tertiary alicyclic amines) is 1. The van der Waals surface area contributed by atoms with E-state index >= 15 is 0 Å². The second-order valence-electron chi connectivity index (χ2n) is 4.04. The van der Waals surface area contributed by atoms with Crippen LogP contribution in [0.2, 0.25) is 0 Å². The van der Waals surface area contributed by atoms with Crippen LogP contribution in [-0.2, 0) is 4.74 Å². The maximum Gasteiger partial charge on any atom is 0.0671 e. The molecular weight excluding hydrogens is 138 g/mol. The lowest BCUT2D eigenvalue weighted by Crippen LogP contribution is -2.61. The van der Waals surface area contributed by atoms with E-state index in [2.05, 4.69) is 11.8 Å². The van der Waals surface area contributed by atoms with Crippen LogP contribution in [0.5, 0.6) is 0 Å². The molecule has 2 fully saturated rings. The first-order valence-corrected chi connectivity index (χ1v) is 4.64. The predicted octanol–water partition coefficient (Wildman–Crippen LogP) is 1.26. The molecule has 0 aromatic heterocycles. The third kappa shape index (κ3) is 1.30. The number of ether oxygens (including phenoxy) is 1. The molecule has 2 heteroatoms. The fraction of sp³-hybridized carbons (Fsp3) is 1.00. The quantitative estimate of drug-likeness (QED) is 0.565. The van der Waals surface area contributed by atoms with Gasteiger partial charge in [-0.3, -0.25) is 4.90 Å². The topological polar surface area (TPSA) is 12.5 Å². The highest BCUT2D eigenvalue weighted by molar-refractivity contribution is 4.93. The molecule has 2 saturated heterocycles. The van der Waals surface area contributed by atoms with Crippen LogP contribution >= 0.6 is 0 Å². The number of rotatable bonds is 1. The molecule has 0 aliphatic carbocycles. The highest BCUT2D eigenvalue weighted by atomic mass is 16.5. The third-order valence-electron chi connectivity index (χ3n) is 2.95. The van der Waals surface area contributed by atoms with E-state index in [4.69, 9.17) is 4.74 Å². The van der Waals surface area contributed by atoms with Crippen LogP contribution in [0.15, 0.2) is 0 Å². The standard InChI is InChI=1S/C9H17NO/c1-9(7-11-8-9)10-5-3-2-4-6-10/h2-8H2,1H3. The van der Waals surface area contributed by atoms with E-state index in [1.165, 1.54) is 32.4 Å². The molecule has 11 heavy (non-hydrogen) atoms. The Hall–Kier alpha value is -0.0800. The van der Waals surface area contributed by atoms with E-state index in [-0.39, 0.29) is 0 Å². The number of hydrogen-bond acceptors (Lipinski definition) is 2. The molecule has 0 spiro atoms. The molecular formula is C9H17NO. The molecule has 0 bridgehead atoms. The zero-order valence-corrected chi connectivity index (χ0v) is 7.31. The van der Waals surface area contributed by atoms with Crippen molar-refractivity contribution in [2.24, 2.45) is 0 Å². The van der Waals surface area contributed by atoms with Gasteiger partial charge in [0.1, 0.15) is 0 Å². The lowest BCUT2D eigenvalue weighted by molar-refractivity contribution is -0.134. The van der Waals surface area contributed by atoms with Crippen LogP contribution in [0, 0.1) is 0 Å². The molecule has 64 valence electrons. The molecule has 2 aliphatic heterocycles. The first kappa shape index (κ1) is 7.56. The lowest BCUT2D eigenvalue weighted by atomic mass is 9.95. The summed E-state index contributed by atoms with van der Waals surface area (Å²) in [6, 6.07) is 0. The fourth-order valence-electron chi connectivity index (χ4n) is 2.01. The van der Waals surface area contributed by atoms with Crippen LogP contribution in [-0.4, -0.2) is 36.7 Å². The molecule has 0 aromatic rings. The van der Waals surface area contributed by atoms with Gasteiger partial charge in [-0.15, -0.1) is 0 Å². The minimum absolute atomic E-state index is 0.403. The van der Waals surface area contributed by atoms with E-state index in [0.717, 1.165) is 13.2 Å². The summed E-state index contributed by atoms with van der Waals surface area (Å²) >= 11 is 0. The summed E-state index contributed by atoms with van der Waals surface area (Å²) in [5.74, 6) is 0. The van der Waals surface area contributed by atoms with E-state index in [0.29, 0.717) is 5.54 Å². The van der Waals surface area contributed by atoms with Crippen LogP contribution in [0.3, 0.4) is 0 Å². The van der Waals surface area contributed by atoms with Crippen LogP contribution in [0.4, 0.5) is 0 Å². The highest BCUT2D eigenvalue weighted by Crippen LogP contribution is 2.27. The van der Waals surface area contributed by atoms with Crippen molar-refractivity contribution in [2.75, 3.05) is 26.3 Å². The highest BCUT2D eigenvalue weighted by Gasteiger charge is 2.39. The van der Waals surface area contributed by atoms with Gasteiger partial charge in [0.2, 0.25) is 0 Å². The first-order chi connectivity index (χ1) is 5.31. The normalized spacial score (nSPS) is 31.4. The summed E-state index contributed by atoms with van der Waals surface area (Å²) in [5, 5.41) is 0. The molecule has 2 rings (SSSR count). The Balaban J connectivity index is 1.91. The number of nitrogens with zero attached hydrogens (tertiary/aromatic N) is 1. The molecule has 0 amide bonds. The summed E-state index contributed by atoms with van der Waals surface area (Å²) < 4.78 is 5.25. The van der Waals surface area contributed by atoms with Crippen molar-refractivity contribution >= 4 is 0 Å². The largest absolute Gasteiger partial charge is 0.377 e. The van der Waals surface area contributed by atoms with Gasteiger partial charge < -0.3 is 4.74 Å². The first-order valence-electron chi connectivity index (χ1n) is 4.64. The summed E-state index contributed by atoms with van der Waals surface area (Å²) in [6.07, 6.45) is 4.19. The van der Waals surface area contributed by atoms with Gasteiger partial charge in [-0.05, 0) is 32.9 Å². The smallest absolute Gasteiger partial charge is 0.0671 e. The molecule has 2 aliphatic rings. The van der Waals surface area contributed by atoms with Gasteiger partial charge in [0.05, 0.1) is 18.8 Å². The average Bonchev–Trinajstić information content (AvgIpc) is 2.02. The van der Waals surface area contributed by atoms with E-state index < -0.39 is 0 Å². The van der Waals surface area contributed by atoms with Gasteiger partial charge in [0, 0.05) is 0 Å². The second kappa shape index (κ2) is 2.76. The van der Waals surface area contributed by atoms with Crippen molar-refractivity contribution in [1.29, 1.82) is 0 Å². The van der Waals surface area contributed by atoms with Gasteiger partial charge >= 0.3 is 0 Å². The SMILES string of the molecule is CC1(N2CCCCC2)COC1. The summed E-state index contributed by atoms with van der Waals surface area (Å²) in [6.45, 7) is 6.81. The molecule has 0 saturated carbocycles. The summed E-state index contributed by atoms with van der Waals surface area (Å²) in [7, 11) is 0. The Morgan fingerprint density at radius 2 is 1.73 bits per heavy atom. The van der Waals surface area contributed by atoms with Crippen molar-refractivity contribution in [3.05, 3.63) is 0 Å². The lowest BCUT2D eigenvalue weighted by Gasteiger charge is -2.48. The Labute approximate surface area is 68.5 Å². The zero-order valence-electron chi connectivity index (χ0n) is 7.31. The maximum absolute atomic E-state index is 5.25. The van der Waals surface area contributed by atoms with Crippen molar-refractivity contribution in [3.63, 3.8) is 0 Å². The fourth-order valence-corrected chi connectivity index (χ4v) is 2.01. The Morgan fingerprint density at radius 1 is 1.09 bits per heavy atom. The Morgan fingerprint density at radius 3 is 2.18 bits per heavy atom. The van der Waals surface area contributed by atoms with Crippen LogP contribution in [0.25, 0.3) is 0 Å². The van der Waals surface area contributed by atoms with Gasteiger partial charge in [-0.25, -0.2) is 0 Å². The van der Waals surface area contributed by atoms with Crippen molar-refractivity contribution in [1.82, 2.24) is 4.90 Å². The number of hydrogen-bond donors (Lipinski definition) is 0. The van der Waals surface area contributed by atoms with Gasteiger partial charge in [-0.2, -0.15) is 0 Å². The van der Waals surface area contributed by atoms with Gasteiger partial charge in [0.25, 0.3) is 0 Å². The Bertz CT molecular complexity index is 136. The van der Waals surface area contributed by atoms with E-state index in [1.807, 2.05) is 0 Å². The van der Waals surface area contributed by atoms with Gasteiger partial charge in [-0.1, -0.05) is 6.42 Å². The third-order valence-corrected chi connectivity index (χ3v) is 2.95. The monoisotopic (exact) mass is 155 g/mol. The average molecular weight is 155 g/mol. The van der Waals surface area contributed by atoms with Crippen molar-refractivity contribution in [3.8, 4) is 0 Å². The van der Waals surface area contributed by atoms with Crippen LogP contribution in [0.1, 0.15) is 26.2 Å². The molecule has 0 unspecified atom stereocenters. The Kier molecular flexibility index (Phi) is 1.90. The molecule has 0 radical (unpaired) electrons. The van der Waals surface area contributed by atoms with Crippen LogP contribution < -0.4 is 0 Å². The minimum Gasteiger partial charge on any atom is -0.377 e. The molecule has 0 N–H and O–H groups in total. The molecule has 0 atom stereocenters. The van der Waals surface area contributed by atoms with Crippen molar-refractivity contribution in [2.45, 2.75) is 31.7 Å². The maximum atomic E-state index is 5.25. The molecule has 2 heterocycles. The van der Waals surface area contributed by atoms with E-state index in [1.54, 1.807) is 0 Å². The minimum atomic E-state index is 0.403. The van der Waals surface area contributed by atoms with E-state index in [9.17, 15) is 0 Å². The summed E-state index contributed by atoms with van der Waals surface area (Å²) in [5.41, 5.74) is 0.403.